The molecule has 21 nitrogen and oxygen atoms in total. The summed E-state index contributed by atoms with van der Waals surface area (Å²) >= 11 is 0. The van der Waals surface area contributed by atoms with Crippen molar-refractivity contribution >= 4 is 46.6 Å². The molecule has 0 radical (unpaired) electrons. The third-order valence-corrected chi connectivity index (χ3v) is 7.86. The first kappa shape index (κ1) is 38.5. The highest BCUT2D eigenvalue weighted by Gasteiger charge is 2.46. The molecule has 0 aliphatic carbocycles. The van der Waals surface area contributed by atoms with Gasteiger partial charge < -0.3 is 23.7 Å². The second-order valence-electron chi connectivity index (χ2n) is 11.4. The van der Waals surface area contributed by atoms with Crippen molar-refractivity contribution in [2.45, 2.75) is 31.0 Å². The van der Waals surface area contributed by atoms with Crippen molar-refractivity contribution in [3.05, 3.63) is 160 Å². The fourth-order valence-corrected chi connectivity index (χ4v) is 5.07. The summed E-state index contributed by atoms with van der Waals surface area (Å²) in [6, 6.07) is 17.1. The number of nitro benzene ring substituents is 4. The van der Waals surface area contributed by atoms with Crippen LogP contribution in [0.1, 0.15) is 47.9 Å². The highest BCUT2D eigenvalue weighted by Crippen LogP contribution is 2.30. The molecular formula is C34H24N4O17. The number of esters is 4. The van der Waals surface area contributed by atoms with Gasteiger partial charge in [0.15, 0.2) is 6.10 Å². The molecule has 0 unspecified atom stereocenters. The zero-order valence-corrected chi connectivity index (χ0v) is 27.7. The van der Waals surface area contributed by atoms with E-state index in [1.165, 1.54) is 0 Å². The Kier molecular flexibility index (Phi) is 11.8. The number of nitro groups is 4. The van der Waals surface area contributed by atoms with Gasteiger partial charge >= 0.3 is 23.9 Å². The molecule has 5 rings (SSSR count). The largest absolute Gasteiger partial charge is 0.459 e. The molecule has 1 heterocycles. The maximum atomic E-state index is 13.4. The monoisotopic (exact) mass is 760 g/mol. The normalized spacial score (nSPS) is 17.5. The molecule has 4 aromatic carbocycles. The molecule has 1 aliphatic heterocycles. The highest BCUT2D eigenvalue weighted by atomic mass is 16.7. The number of benzene rings is 4. The van der Waals surface area contributed by atoms with Gasteiger partial charge in [-0.05, 0) is 48.5 Å². The predicted octanol–water partition coefficient (Wildman–Crippen LogP) is 4.90. The molecule has 4 aromatic rings. The van der Waals surface area contributed by atoms with Crippen LogP contribution in [0.25, 0.3) is 0 Å². The van der Waals surface area contributed by atoms with Crippen LogP contribution in [0.5, 0.6) is 0 Å². The molecule has 282 valence electrons. The van der Waals surface area contributed by atoms with Crippen LogP contribution in [-0.2, 0) is 23.7 Å². The quantitative estimate of drug-likeness (QED) is 0.0757. The topological polar surface area (TPSA) is 287 Å². The van der Waals surface area contributed by atoms with Crippen molar-refractivity contribution < 1.29 is 62.6 Å². The summed E-state index contributed by atoms with van der Waals surface area (Å²) in [5, 5.41) is 44.4. The van der Waals surface area contributed by atoms with Crippen molar-refractivity contribution in [1.29, 1.82) is 0 Å². The van der Waals surface area contributed by atoms with E-state index < -0.39 is 81.2 Å². The Morgan fingerprint density at radius 3 is 1.20 bits per heavy atom. The van der Waals surface area contributed by atoms with Crippen LogP contribution in [-0.4, -0.2) is 74.8 Å². The minimum Gasteiger partial charge on any atom is -0.459 e. The summed E-state index contributed by atoms with van der Waals surface area (Å²) in [6.45, 7) is -0.773. The first-order valence-corrected chi connectivity index (χ1v) is 15.6. The van der Waals surface area contributed by atoms with Gasteiger partial charge in [0.2, 0.25) is 6.29 Å². The van der Waals surface area contributed by atoms with Gasteiger partial charge in [0.1, 0.15) is 18.8 Å². The van der Waals surface area contributed by atoms with Crippen LogP contribution in [0.15, 0.2) is 97.1 Å². The minimum absolute atomic E-state index is 0.136. The van der Waals surface area contributed by atoms with Crippen molar-refractivity contribution in [2.24, 2.45) is 0 Å². The Balaban J connectivity index is 1.46. The van der Waals surface area contributed by atoms with E-state index in [1.807, 2.05) is 0 Å². The van der Waals surface area contributed by atoms with Crippen molar-refractivity contribution in [3.8, 4) is 0 Å². The van der Waals surface area contributed by atoms with Gasteiger partial charge in [-0.1, -0.05) is 0 Å². The van der Waals surface area contributed by atoms with E-state index in [9.17, 15) is 59.6 Å². The molecule has 0 saturated carbocycles. The summed E-state index contributed by atoms with van der Waals surface area (Å²) in [5.41, 5.74) is -1.99. The van der Waals surface area contributed by atoms with Crippen LogP contribution < -0.4 is 0 Å². The molecule has 0 N–H and O–H groups in total. The minimum atomic E-state index is -1.65. The van der Waals surface area contributed by atoms with Crippen molar-refractivity contribution in [3.63, 3.8) is 0 Å². The average molecular weight is 761 g/mol. The molecule has 0 aromatic heterocycles. The zero-order chi connectivity index (χ0) is 39.8. The first-order valence-electron chi connectivity index (χ1n) is 15.6. The molecule has 1 aliphatic rings. The molecule has 4 atom stereocenters. The maximum Gasteiger partial charge on any atom is 0.340 e. The number of hydrogen-bond donors (Lipinski definition) is 0. The van der Waals surface area contributed by atoms with Gasteiger partial charge in [0, 0.05) is 48.5 Å². The number of carbonyl (C=O) groups is 4. The van der Waals surface area contributed by atoms with Crippen LogP contribution in [0.4, 0.5) is 22.7 Å². The van der Waals surface area contributed by atoms with E-state index in [4.69, 9.17) is 23.7 Å². The van der Waals surface area contributed by atoms with Gasteiger partial charge in [0.25, 0.3) is 22.7 Å². The molecule has 1 fully saturated rings. The highest BCUT2D eigenvalue weighted by molar-refractivity contribution is 5.91. The summed E-state index contributed by atoms with van der Waals surface area (Å²) in [4.78, 5) is 94.3. The summed E-state index contributed by atoms with van der Waals surface area (Å²) in [5.74, 6) is -4.26. The third-order valence-electron chi connectivity index (χ3n) is 7.86. The van der Waals surface area contributed by atoms with E-state index in [-0.39, 0.29) is 45.0 Å². The fraction of sp³-hybridized carbons (Fsp3) is 0.176. The van der Waals surface area contributed by atoms with Crippen LogP contribution >= 0.6 is 0 Å². The van der Waals surface area contributed by atoms with Gasteiger partial charge in [-0.3, -0.25) is 40.5 Å². The fourth-order valence-electron chi connectivity index (χ4n) is 5.07. The number of rotatable bonds is 13. The lowest BCUT2D eigenvalue weighted by Gasteiger charge is -2.39. The molecular weight excluding hydrogens is 736 g/mol. The summed E-state index contributed by atoms with van der Waals surface area (Å²) in [7, 11) is 0. The zero-order valence-electron chi connectivity index (χ0n) is 27.7. The lowest BCUT2D eigenvalue weighted by molar-refractivity contribution is -0.385. The number of nitrogens with zero attached hydrogens (tertiary/aromatic N) is 4. The van der Waals surface area contributed by atoms with E-state index in [1.54, 1.807) is 0 Å². The lowest BCUT2D eigenvalue weighted by atomic mass is 10.0. The Morgan fingerprint density at radius 2 is 0.836 bits per heavy atom. The van der Waals surface area contributed by atoms with E-state index >= 15 is 0 Å². The van der Waals surface area contributed by atoms with Crippen LogP contribution in [0.3, 0.4) is 0 Å². The van der Waals surface area contributed by atoms with Crippen molar-refractivity contribution in [2.75, 3.05) is 6.61 Å². The van der Waals surface area contributed by atoms with Crippen molar-refractivity contribution in [1.82, 2.24) is 0 Å². The van der Waals surface area contributed by atoms with Crippen LogP contribution in [0.2, 0.25) is 0 Å². The smallest absolute Gasteiger partial charge is 0.340 e. The Labute approximate surface area is 306 Å². The molecule has 0 amide bonds. The number of ether oxygens (including phenoxy) is 5. The number of carbonyl (C=O) groups excluding carboxylic acids is 4. The number of hydrogen-bond acceptors (Lipinski definition) is 17. The molecule has 21 heteroatoms. The van der Waals surface area contributed by atoms with E-state index in [0.29, 0.717) is 0 Å². The summed E-state index contributed by atoms with van der Waals surface area (Å²) < 4.78 is 28.1. The predicted molar refractivity (Wildman–Crippen MR) is 180 cm³/mol. The Morgan fingerprint density at radius 1 is 0.509 bits per heavy atom. The first-order chi connectivity index (χ1) is 26.2. The second kappa shape index (κ2) is 16.8. The third kappa shape index (κ3) is 9.61. The average Bonchev–Trinajstić information content (AvgIpc) is 3.17. The van der Waals surface area contributed by atoms with Gasteiger partial charge in [0.05, 0.1) is 48.4 Å². The van der Waals surface area contributed by atoms with Gasteiger partial charge in [-0.25, -0.2) is 19.2 Å². The second-order valence-corrected chi connectivity index (χ2v) is 11.4. The van der Waals surface area contributed by atoms with E-state index in [0.717, 1.165) is 97.1 Å². The molecule has 0 bridgehead atoms. The van der Waals surface area contributed by atoms with Gasteiger partial charge in [-0.2, -0.15) is 0 Å². The lowest BCUT2D eigenvalue weighted by Crippen LogP contribution is -2.54. The SMILES string of the molecule is O=C(OC[C@@H]1O[C@H](OC(=O)c2ccc([N+](=O)[O-])cc2)C[C@@H](OC(=O)c2ccc([N+](=O)[O-])cc2)[C@H]1OC(=O)c1ccc([N+](=O)[O-])cc1)c1ccc([N+](=O)[O-])cc1. The van der Waals surface area contributed by atoms with E-state index in [2.05, 4.69) is 0 Å². The molecule has 1 saturated heterocycles. The maximum absolute atomic E-state index is 13.4. The molecule has 55 heavy (non-hydrogen) atoms. The molecule has 0 spiro atoms. The standard InChI is InChI=1S/C34H24N4O17/c39-31(19-1-9-23(10-2-19)35(43)44)51-18-28-30(55-34(42)22-7-15-26(16-8-22)38(49)50)27(53-32(40)20-3-11-24(12-4-20)36(45)46)17-29(52-28)54-33(41)21-5-13-25(14-6-21)37(47)48/h1-16,27-30H,17-18H2/t27-,28+,29-,30-/m1/s1. The van der Waals surface area contributed by atoms with Gasteiger partial charge in [-0.15, -0.1) is 0 Å². The Bertz CT molecular complexity index is 2140. The van der Waals surface area contributed by atoms with Crippen LogP contribution in [0, 0.1) is 40.5 Å². The number of non-ortho nitro benzene ring substituents is 4. The Hall–Kier alpha value is -7.68. The summed E-state index contributed by atoms with van der Waals surface area (Å²) in [6.07, 6.45) is -6.93.